The minimum Gasteiger partial charge on any atom is -0.479 e. The first-order chi connectivity index (χ1) is 11.1. The largest absolute Gasteiger partial charge is 0.697 e. The molecule has 0 aromatic carbocycles. The average Bonchev–Trinajstić information content (AvgIpc) is 3.08. The van der Waals surface area contributed by atoms with Crippen LogP contribution >= 0.6 is 8.25 Å². The second-order valence-corrected chi connectivity index (χ2v) is 6.34. The Bertz CT molecular complexity index is 783. The maximum Gasteiger partial charge on any atom is 0.697 e. The van der Waals surface area contributed by atoms with Crippen LogP contribution < -0.4 is 10.5 Å². The topological polar surface area (TPSA) is 124 Å². The Morgan fingerprint density at radius 3 is 3.09 bits per heavy atom. The van der Waals surface area contributed by atoms with Crippen molar-refractivity contribution in [1.29, 1.82) is 0 Å². The Morgan fingerprint density at radius 1 is 1.48 bits per heavy atom. The molecule has 11 heteroatoms. The lowest BCUT2D eigenvalue weighted by molar-refractivity contribution is -0.0529. The van der Waals surface area contributed by atoms with Crippen molar-refractivity contribution >= 4 is 25.4 Å². The summed E-state index contributed by atoms with van der Waals surface area (Å²) in [7, 11) is -0.603. The Morgan fingerprint density at radius 2 is 2.30 bits per heavy atom. The quantitative estimate of drug-likeness (QED) is 0.798. The van der Waals surface area contributed by atoms with E-state index in [-0.39, 0.29) is 36.9 Å². The van der Waals surface area contributed by atoms with Gasteiger partial charge in [-0.1, -0.05) is 6.92 Å². The van der Waals surface area contributed by atoms with Gasteiger partial charge in [0.25, 0.3) is 0 Å². The van der Waals surface area contributed by atoms with E-state index in [0.717, 1.165) is 0 Å². The SMILES string of the molecule is COc1nc(N)nc2c1ncn2[C@@H]1O[C@@H]2CO[P+](=O)O[C@H]2[C@@H]1C. The molecule has 5 atom stereocenters. The lowest BCUT2D eigenvalue weighted by atomic mass is 10.0. The van der Waals surface area contributed by atoms with Gasteiger partial charge in [0.1, 0.15) is 18.9 Å². The van der Waals surface area contributed by atoms with E-state index in [2.05, 4.69) is 15.0 Å². The second kappa shape index (κ2) is 5.34. The van der Waals surface area contributed by atoms with Crippen molar-refractivity contribution in [2.45, 2.75) is 25.4 Å². The third-order valence-corrected chi connectivity index (χ3v) is 4.85. The molecule has 0 radical (unpaired) electrons. The second-order valence-electron chi connectivity index (χ2n) is 5.43. The van der Waals surface area contributed by atoms with E-state index >= 15 is 0 Å². The molecule has 2 aliphatic rings. The highest BCUT2D eigenvalue weighted by molar-refractivity contribution is 7.33. The fourth-order valence-electron chi connectivity index (χ4n) is 3.00. The highest BCUT2D eigenvalue weighted by Gasteiger charge is 2.53. The minimum atomic E-state index is -2.09. The van der Waals surface area contributed by atoms with Crippen LogP contribution in [0.25, 0.3) is 11.2 Å². The highest BCUT2D eigenvalue weighted by atomic mass is 31.1. The van der Waals surface area contributed by atoms with Crippen molar-refractivity contribution in [3.8, 4) is 5.88 Å². The van der Waals surface area contributed by atoms with Crippen molar-refractivity contribution < 1.29 is 23.1 Å². The summed E-state index contributed by atoms with van der Waals surface area (Å²) in [6.07, 6.45) is 0.608. The Kier molecular flexibility index (Phi) is 3.42. The van der Waals surface area contributed by atoms with Gasteiger partial charge in [-0.15, -0.1) is 9.05 Å². The van der Waals surface area contributed by atoms with Gasteiger partial charge in [0.15, 0.2) is 17.3 Å². The van der Waals surface area contributed by atoms with Crippen LogP contribution in [0.3, 0.4) is 0 Å². The van der Waals surface area contributed by atoms with Crippen LogP contribution in [0, 0.1) is 5.92 Å². The summed E-state index contributed by atoms with van der Waals surface area (Å²) in [6.45, 7) is 2.19. The summed E-state index contributed by atoms with van der Waals surface area (Å²) in [6, 6.07) is 0. The predicted molar refractivity (Wildman–Crippen MR) is 77.8 cm³/mol. The number of nitrogen functional groups attached to an aromatic ring is 1. The van der Waals surface area contributed by atoms with E-state index in [0.29, 0.717) is 17.0 Å². The molecule has 0 aliphatic carbocycles. The van der Waals surface area contributed by atoms with Gasteiger partial charge in [0.05, 0.1) is 13.4 Å². The molecule has 23 heavy (non-hydrogen) atoms. The number of anilines is 1. The molecule has 4 heterocycles. The number of ether oxygens (including phenoxy) is 2. The standard InChI is InChI=1S/C12H15N5O5P/c1-5-8-6(3-20-23(18)22-8)21-11(5)17-4-14-7-9(17)15-12(13)16-10(7)19-2/h4-6,8,11H,3H2,1-2H3,(H2,13,15,16)/q+1/t5-,6+,8-,11+/m0/s1. The number of fused-ring (bicyclic) bond motifs is 2. The molecule has 0 bridgehead atoms. The van der Waals surface area contributed by atoms with Gasteiger partial charge in [-0.3, -0.25) is 4.57 Å². The number of imidazole rings is 1. The zero-order chi connectivity index (χ0) is 16.1. The Hall–Kier alpha value is -1.87. The predicted octanol–water partition coefficient (Wildman–Crippen LogP) is 1.02. The molecular formula is C12H15N5O5P+. The fourth-order valence-corrected chi connectivity index (χ4v) is 3.85. The molecular weight excluding hydrogens is 325 g/mol. The van der Waals surface area contributed by atoms with E-state index in [1.807, 2.05) is 6.92 Å². The molecule has 1 unspecified atom stereocenters. The molecule has 4 rings (SSSR count). The van der Waals surface area contributed by atoms with Gasteiger partial charge in [0, 0.05) is 10.5 Å². The summed E-state index contributed by atoms with van der Waals surface area (Å²) in [4.78, 5) is 12.5. The maximum absolute atomic E-state index is 11.5. The zero-order valence-electron chi connectivity index (χ0n) is 12.4. The number of nitrogens with zero attached hydrogens (tertiary/aromatic N) is 4. The van der Waals surface area contributed by atoms with Gasteiger partial charge >= 0.3 is 8.25 Å². The molecule has 2 aromatic heterocycles. The third kappa shape index (κ3) is 2.26. The first-order valence-corrected chi connectivity index (χ1v) is 8.14. The van der Waals surface area contributed by atoms with Crippen molar-refractivity contribution in [1.82, 2.24) is 19.5 Å². The summed E-state index contributed by atoms with van der Waals surface area (Å²) < 4.78 is 34.8. The van der Waals surface area contributed by atoms with Crippen LogP contribution in [0.4, 0.5) is 5.95 Å². The lowest BCUT2D eigenvalue weighted by Crippen LogP contribution is -2.33. The summed E-state index contributed by atoms with van der Waals surface area (Å²) >= 11 is 0. The van der Waals surface area contributed by atoms with Crippen molar-refractivity contribution in [2.75, 3.05) is 19.5 Å². The van der Waals surface area contributed by atoms with Gasteiger partial charge in [-0.05, 0) is 0 Å². The molecule has 2 N–H and O–H groups in total. The van der Waals surface area contributed by atoms with Crippen LogP contribution in [0.1, 0.15) is 13.2 Å². The van der Waals surface area contributed by atoms with Crippen LogP contribution in [0.15, 0.2) is 6.33 Å². The molecule has 2 fully saturated rings. The van der Waals surface area contributed by atoms with Gasteiger partial charge in [-0.25, -0.2) is 4.98 Å². The van der Waals surface area contributed by atoms with E-state index in [1.165, 1.54) is 7.11 Å². The number of rotatable bonds is 2. The molecule has 0 saturated carbocycles. The molecule has 122 valence electrons. The van der Waals surface area contributed by atoms with Crippen LogP contribution in [-0.4, -0.2) is 45.4 Å². The molecule has 2 saturated heterocycles. The third-order valence-electron chi connectivity index (χ3n) is 4.07. The summed E-state index contributed by atoms with van der Waals surface area (Å²) in [5, 5.41) is 0. The van der Waals surface area contributed by atoms with Crippen molar-refractivity contribution in [3.63, 3.8) is 0 Å². The zero-order valence-corrected chi connectivity index (χ0v) is 13.3. The van der Waals surface area contributed by atoms with Crippen molar-refractivity contribution in [2.24, 2.45) is 5.92 Å². The summed E-state index contributed by atoms with van der Waals surface area (Å²) in [5.41, 5.74) is 6.73. The number of hydrogen-bond donors (Lipinski definition) is 1. The van der Waals surface area contributed by atoms with E-state index < -0.39 is 8.25 Å². The number of methoxy groups -OCH3 is 1. The fraction of sp³-hybridized carbons (Fsp3) is 0.583. The molecule has 10 nitrogen and oxygen atoms in total. The number of nitrogens with two attached hydrogens (primary N) is 1. The molecule has 2 aliphatic heterocycles. The van der Waals surface area contributed by atoms with Gasteiger partial charge in [-0.2, -0.15) is 9.97 Å². The maximum atomic E-state index is 11.5. The minimum absolute atomic E-state index is 0.0672. The molecule has 2 aromatic rings. The number of aromatic nitrogens is 4. The highest BCUT2D eigenvalue weighted by Crippen LogP contribution is 2.46. The van der Waals surface area contributed by atoms with E-state index in [1.54, 1.807) is 10.9 Å². The normalized spacial score (nSPS) is 32.2. The average molecular weight is 340 g/mol. The Labute approximate surface area is 131 Å². The Balaban J connectivity index is 1.75. The summed E-state index contributed by atoms with van der Waals surface area (Å²) in [5.74, 6) is 0.321. The van der Waals surface area contributed by atoms with E-state index in [4.69, 9.17) is 24.3 Å². The first kappa shape index (κ1) is 14.7. The van der Waals surface area contributed by atoms with Gasteiger partial charge < -0.3 is 15.2 Å². The van der Waals surface area contributed by atoms with Crippen LogP contribution in [0.2, 0.25) is 0 Å². The smallest absolute Gasteiger partial charge is 0.479 e. The van der Waals surface area contributed by atoms with Crippen LogP contribution in [0.5, 0.6) is 5.88 Å². The lowest BCUT2D eigenvalue weighted by Gasteiger charge is -2.17. The van der Waals surface area contributed by atoms with Crippen molar-refractivity contribution in [3.05, 3.63) is 6.33 Å². The van der Waals surface area contributed by atoms with Gasteiger partial charge in [0.2, 0.25) is 11.8 Å². The van der Waals surface area contributed by atoms with Crippen LogP contribution in [-0.2, 0) is 18.3 Å². The van der Waals surface area contributed by atoms with E-state index in [9.17, 15) is 4.57 Å². The number of hydrogen-bond acceptors (Lipinski definition) is 9. The molecule has 0 spiro atoms. The monoisotopic (exact) mass is 340 g/mol. The first-order valence-electron chi connectivity index (χ1n) is 7.05. The molecule has 0 amide bonds.